The van der Waals surface area contributed by atoms with Crippen molar-refractivity contribution in [1.82, 2.24) is 0 Å². The number of thiocarbonyl (C=S) groups is 1. The Morgan fingerprint density at radius 3 is 2.75 bits per heavy atom. The SMILES string of the molecule is COC(=O)CCSC(=S)Nc1cccc(C(F)(F)F)c1. The van der Waals surface area contributed by atoms with Gasteiger partial charge < -0.3 is 10.1 Å². The third-order valence-corrected chi connectivity index (χ3v) is 3.43. The zero-order valence-corrected chi connectivity index (χ0v) is 12.1. The minimum atomic E-state index is -4.39. The molecular formula is C12H12F3NO2S2. The molecule has 0 amide bonds. The average molecular weight is 323 g/mol. The van der Waals surface area contributed by atoms with E-state index in [4.69, 9.17) is 12.2 Å². The molecule has 3 nitrogen and oxygen atoms in total. The number of carbonyl (C=O) groups excluding carboxylic acids is 1. The fourth-order valence-corrected chi connectivity index (χ4v) is 2.27. The van der Waals surface area contributed by atoms with Crippen LogP contribution in [0.15, 0.2) is 24.3 Å². The lowest BCUT2D eigenvalue weighted by molar-refractivity contribution is -0.140. The van der Waals surface area contributed by atoms with Crippen molar-refractivity contribution in [2.24, 2.45) is 0 Å². The van der Waals surface area contributed by atoms with E-state index < -0.39 is 11.7 Å². The first-order valence-corrected chi connectivity index (χ1v) is 6.90. The first-order chi connectivity index (χ1) is 9.32. The van der Waals surface area contributed by atoms with Crippen molar-refractivity contribution < 1.29 is 22.7 Å². The Morgan fingerprint density at radius 2 is 2.15 bits per heavy atom. The third kappa shape index (κ3) is 5.79. The van der Waals surface area contributed by atoms with Crippen LogP contribution >= 0.6 is 24.0 Å². The number of alkyl halides is 3. The lowest BCUT2D eigenvalue weighted by Gasteiger charge is -2.10. The Labute approximate surface area is 123 Å². The van der Waals surface area contributed by atoms with Crippen LogP contribution in [0.25, 0.3) is 0 Å². The Hall–Kier alpha value is -1.28. The van der Waals surface area contributed by atoms with Gasteiger partial charge in [-0.25, -0.2) is 0 Å². The number of methoxy groups -OCH3 is 1. The molecule has 0 radical (unpaired) electrons. The first kappa shape index (κ1) is 16.8. The van der Waals surface area contributed by atoms with Crippen molar-refractivity contribution >= 4 is 40.0 Å². The summed E-state index contributed by atoms with van der Waals surface area (Å²) < 4.78 is 42.3. The van der Waals surface area contributed by atoms with Gasteiger partial charge in [-0.3, -0.25) is 4.79 Å². The normalized spacial score (nSPS) is 11.0. The maximum Gasteiger partial charge on any atom is 0.416 e. The van der Waals surface area contributed by atoms with Gasteiger partial charge in [0.2, 0.25) is 0 Å². The molecule has 0 spiro atoms. The quantitative estimate of drug-likeness (QED) is 0.676. The Morgan fingerprint density at radius 1 is 1.45 bits per heavy atom. The second-order valence-electron chi connectivity index (χ2n) is 3.67. The maximum absolute atomic E-state index is 12.5. The molecule has 1 aromatic rings. The lowest BCUT2D eigenvalue weighted by Crippen LogP contribution is -2.10. The summed E-state index contributed by atoms with van der Waals surface area (Å²) in [5.41, 5.74) is -0.486. The minimum Gasteiger partial charge on any atom is -0.469 e. The van der Waals surface area contributed by atoms with E-state index in [1.165, 1.54) is 31.0 Å². The van der Waals surface area contributed by atoms with Gasteiger partial charge in [-0.15, -0.1) is 0 Å². The highest BCUT2D eigenvalue weighted by molar-refractivity contribution is 8.23. The van der Waals surface area contributed by atoms with Crippen LogP contribution < -0.4 is 5.32 Å². The fraction of sp³-hybridized carbons (Fsp3) is 0.333. The molecule has 0 saturated heterocycles. The monoisotopic (exact) mass is 323 g/mol. The fourth-order valence-electron chi connectivity index (χ4n) is 1.26. The number of thioether (sulfide) groups is 1. The van der Waals surface area contributed by atoms with Gasteiger partial charge in [0.1, 0.15) is 4.32 Å². The molecule has 0 aliphatic heterocycles. The summed E-state index contributed by atoms with van der Waals surface area (Å²) in [6.07, 6.45) is -4.21. The summed E-state index contributed by atoms with van der Waals surface area (Å²) in [7, 11) is 1.28. The number of hydrogen-bond donors (Lipinski definition) is 1. The Kier molecular flexibility index (Phi) is 6.28. The number of esters is 1. The molecule has 8 heteroatoms. The van der Waals surface area contributed by atoms with E-state index in [1.807, 2.05) is 0 Å². The number of anilines is 1. The molecule has 0 saturated carbocycles. The molecule has 0 unspecified atom stereocenters. The van der Waals surface area contributed by atoms with Gasteiger partial charge in [-0.05, 0) is 18.2 Å². The summed E-state index contributed by atoms with van der Waals surface area (Å²) in [6, 6.07) is 4.75. The number of nitrogens with one attached hydrogen (secondary N) is 1. The number of rotatable bonds is 4. The number of ether oxygens (including phenoxy) is 1. The van der Waals surface area contributed by atoms with Gasteiger partial charge >= 0.3 is 12.1 Å². The largest absolute Gasteiger partial charge is 0.469 e. The molecule has 0 atom stereocenters. The molecule has 1 aromatic carbocycles. The standard InChI is InChI=1S/C12H12F3NO2S2/c1-18-10(17)5-6-20-11(19)16-9-4-2-3-8(7-9)12(13,14)15/h2-4,7H,5-6H2,1H3,(H,16,19). The van der Waals surface area contributed by atoms with Crippen LogP contribution in [0.2, 0.25) is 0 Å². The summed E-state index contributed by atoms with van der Waals surface area (Å²) in [4.78, 5) is 10.9. The number of benzene rings is 1. The molecule has 0 aromatic heterocycles. The van der Waals surface area contributed by atoms with Crippen molar-refractivity contribution in [3.63, 3.8) is 0 Å². The summed E-state index contributed by atoms with van der Waals surface area (Å²) >= 11 is 6.15. The summed E-state index contributed by atoms with van der Waals surface area (Å²) in [5, 5.41) is 2.69. The van der Waals surface area contributed by atoms with E-state index in [0.717, 1.165) is 12.1 Å². The Balaban J connectivity index is 2.52. The predicted molar refractivity (Wildman–Crippen MR) is 76.8 cm³/mol. The van der Waals surface area contributed by atoms with E-state index in [2.05, 4.69) is 10.1 Å². The highest BCUT2D eigenvalue weighted by Gasteiger charge is 2.30. The van der Waals surface area contributed by atoms with E-state index in [0.29, 0.717) is 10.1 Å². The predicted octanol–water partition coefficient (Wildman–Crippen LogP) is 3.70. The van der Waals surface area contributed by atoms with Crippen LogP contribution in [0.1, 0.15) is 12.0 Å². The molecule has 1 N–H and O–H groups in total. The van der Waals surface area contributed by atoms with Crippen LogP contribution in [-0.2, 0) is 15.7 Å². The van der Waals surface area contributed by atoms with Crippen LogP contribution in [-0.4, -0.2) is 23.2 Å². The van der Waals surface area contributed by atoms with Crippen LogP contribution in [0.5, 0.6) is 0 Å². The molecule has 0 heterocycles. The first-order valence-electron chi connectivity index (χ1n) is 5.51. The van der Waals surface area contributed by atoms with Crippen molar-refractivity contribution in [3.05, 3.63) is 29.8 Å². The highest BCUT2D eigenvalue weighted by atomic mass is 32.2. The second-order valence-corrected chi connectivity index (χ2v) is 5.44. The molecule has 20 heavy (non-hydrogen) atoms. The van der Waals surface area contributed by atoms with Crippen LogP contribution in [0.3, 0.4) is 0 Å². The van der Waals surface area contributed by atoms with Gasteiger partial charge in [-0.2, -0.15) is 13.2 Å². The van der Waals surface area contributed by atoms with Crippen LogP contribution in [0.4, 0.5) is 18.9 Å². The zero-order chi connectivity index (χ0) is 15.2. The smallest absolute Gasteiger partial charge is 0.416 e. The molecule has 0 fully saturated rings. The maximum atomic E-state index is 12.5. The zero-order valence-electron chi connectivity index (χ0n) is 10.5. The van der Waals surface area contributed by atoms with Gasteiger partial charge in [0.15, 0.2) is 0 Å². The van der Waals surface area contributed by atoms with E-state index in [9.17, 15) is 18.0 Å². The van der Waals surface area contributed by atoms with Gasteiger partial charge in [0, 0.05) is 11.4 Å². The van der Waals surface area contributed by atoms with Crippen molar-refractivity contribution in [1.29, 1.82) is 0 Å². The van der Waals surface area contributed by atoms with Gasteiger partial charge in [0.25, 0.3) is 0 Å². The molecule has 0 aliphatic rings. The molecule has 0 bridgehead atoms. The average Bonchev–Trinajstić information content (AvgIpc) is 2.37. The summed E-state index contributed by atoms with van der Waals surface area (Å²) in [5.74, 6) is 0.0386. The molecule has 1 rings (SSSR count). The Bertz CT molecular complexity index is 492. The molecule has 110 valence electrons. The number of halogens is 3. The van der Waals surface area contributed by atoms with Gasteiger partial charge in [-0.1, -0.05) is 30.0 Å². The third-order valence-electron chi connectivity index (χ3n) is 2.20. The molecule has 0 aliphatic carbocycles. The molecular weight excluding hydrogens is 311 g/mol. The van der Waals surface area contributed by atoms with Crippen LogP contribution in [0, 0.1) is 0 Å². The highest BCUT2D eigenvalue weighted by Crippen LogP contribution is 2.30. The van der Waals surface area contributed by atoms with Gasteiger partial charge in [0.05, 0.1) is 19.1 Å². The lowest BCUT2D eigenvalue weighted by atomic mass is 10.2. The summed E-state index contributed by atoms with van der Waals surface area (Å²) in [6.45, 7) is 0. The van der Waals surface area contributed by atoms with E-state index >= 15 is 0 Å². The second kappa shape index (κ2) is 7.49. The number of hydrogen-bond acceptors (Lipinski definition) is 4. The van der Waals surface area contributed by atoms with Crippen molar-refractivity contribution in [3.8, 4) is 0 Å². The van der Waals surface area contributed by atoms with Crippen molar-refractivity contribution in [2.75, 3.05) is 18.2 Å². The van der Waals surface area contributed by atoms with E-state index in [1.54, 1.807) is 0 Å². The van der Waals surface area contributed by atoms with E-state index in [-0.39, 0.29) is 18.1 Å². The minimum absolute atomic E-state index is 0.186. The number of carbonyl (C=O) groups is 1. The topological polar surface area (TPSA) is 38.3 Å². The van der Waals surface area contributed by atoms with Crippen molar-refractivity contribution in [2.45, 2.75) is 12.6 Å².